The van der Waals surface area contributed by atoms with Gasteiger partial charge in [0.1, 0.15) is 0 Å². The molecule has 0 aromatic heterocycles. The van der Waals surface area contributed by atoms with Gasteiger partial charge in [0.25, 0.3) is 0 Å². The van der Waals surface area contributed by atoms with Crippen molar-refractivity contribution >= 4 is 46.3 Å². The van der Waals surface area contributed by atoms with Crippen LogP contribution in [-0.4, -0.2) is 62.2 Å². The van der Waals surface area contributed by atoms with Crippen molar-refractivity contribution in [3.63, 3.8) is 0 Å². The van der Waals surface area contributed by atoms with Crippen molar-refractivity contribution in [2.45, 2.75) is 32.4 Å². The summed E-state index contributed by atoms with van der Waals surface area (Å²) in [5, 5.41) is 0. The first kappa shape index (κ1) is 26.0. The third-order valence-corrected chi connectivity index (χ3v) is 10.5. The van der Waals surface area contributed by atoms with Crippen molar-refractivity contribution in [2.75, 3.05) is 62.2 Å². The van der Waals surface area contributed by atoms with Gasteiger partial charge in [-0.1, -0.05) is 72.1 Å². The topological polar surface area (TPSA) is 13.0 Å². The number of rotatable bonds is 8. The Hall–Kier alpha value is -2.90. The van der Waals surface area contributed by atoms with E-state index in [2.05, 4.69) is 117 Å². The lowest BCUT2D eigenvalue weighted by molar-refractivity contribution is 0.131. The van der Waals surface area contributed by atoms with Gasteiger partial charge in [0.05, 0.1) is 22.7 Å². The highest BCUT2D eigenvalue weighted by molar-refractivity contribution is 8.00. The van der Waals surface area contributed by atoms with Gasteiger partial charge in [0.15, 0.2) is 0 Å². The minimum Gasteiger partial charge on any atom is -0.340 e. The molecule has 4 aromatic carbocycles. The van der Waals surface area contributed by atoms with Crippen LogP contribution in [0, 0.1) is 0 Å². The summed E-state index contributed by atoms with van der Waals surface area (Å²) in [6.45, 7) is 9.16. The van der Waals surface area contributed by atoms with Crippen molar-refractivity contribution in [1.29, 1.82) is 0 Å². The van der Waals surface area contributed by atoms with Crippen LogP contribution in [0.3, 0.4) is 0 Å². The molecule has 40 heavy (non-hydrogen) atoms. The van der Waals surface area contributed by atoms with Crippen molar-refractivity contribution < 1.29 is 0 Å². The Bertz CT molecular complexity index is 1260. The normalized spacial score (nSPS) is 16.7. The molecule has 0 radical (unpaired) electrons. The molecule has 0 N–H and O–H groups in total. The van der Waals surface area contributed by atoms with Crippen LogP contribution < -0.4 is 9.80 Å². The van der Waals surface area contributed by atoms with E-state index in [0.717, 1.165) is 13.1 Å². The third-order valence-electron chi connectivity index (χ3n) is 8.24. The number of hydrogen-bond donors (Lipinski definition) is 0. The summed E-state index contributed by atoms with van der Waals surface area (Å²) in [5.74, 6) is 0. The highest BCUT2D eigenvalue weighted by Crippen LogP contribution is 2.49. The zero-order valence-corrected chi connectivity index (χ0v) is 24.5. The maximum atomic E-state index is 2.67. The summed E-state index contributed by atoms with van der Waals surface area (Å²) in [5.41, 5.74) is 5.42. The van der Waals surface area contributed by atoms with Crippen LogP contribution in [-0.2, 0) is 0 Å². The van der Waals surface area contributed by atoms with Crippen LogP contribution in [0.15, 0.2) is 117 Å². The lowest BCUT2D eigenvalue weighted by Crippen LogP contribution is -2.47. The second-order valence-electron chi connectivity index (χ2n) is 10.8. The van der Waals surface area contributed by atoms with Crippen LogP contribution in [0.1, 0.15) is 12.8 Å². The van der Waals surface area contributed by atoms with E-state index < -0.39 is 0 Å². The fourth-order valence-corrected chi connectivity index (χ4v) is 8.38. The zero-order valence-electron chi connectivity index (χ0n) is 22.9. The average Bonchev–Trinajstić information content (AvgIpc) is 3.01. The number of nitrogens with zero attached hydrogens (tertiary/aromatic N) is 4. The first-order valence-electron chi connectivity index (χ1n) is 14.6. The van der Waals surface area contributed by atoms with Gasteiger partial charge in [-0.05, 0) is 74.5 Å². The maximum absolute atomic E-state index is 2.67. The van der Waals surface area contributed by atoms with E-state index in [1.807, 2.05) is 23.5 Å². The lowest BCUT2D eigenvalue weighted by Gasteiger charge is -2.37. The molecular weight excluding hydrogens is 529 g/mol. The molecule has 1 fully saturated rings. The van der Waals surface area contributed by atoms with Crippen LogP contribution >= 0.6 is 23.5 Å². The predicted octanol–water partition coefficient (Wildman–Crippen LogP) is 7.99. The zero-order chi connectivity index (χ0) is 26.7. The molecule has 0 saturated carbocycles. The van der Waals surface area contributed by atoms with E-state index in [9.17, 15) is 0 Å². The van der Waals surface area contributed by atoms with Gasteiger partial charge in [-0.15, -0.1) is 0 Å². The van der Waals surface area contributed by atoms with Gasteiger partial charge in [0.2, 0.25) is 0 Å². The molecule has 6 heteroatoms. The quantitative estimate of drug-likeness (QED) is 0.214. The van der Waals surface area contributed by atoms with Crippen molar-refractivity contribution in [3.8, 4) is 0 Å². The molecular formula is C34H36N4S2. The number of piperazine rings is 1. The summed E-state index contributed by atoms with van der Waals surface area (Å²) in [7, 11) is 0. The monoisotopic (exact) mass is 564 g/mol. The van der Waals surface area contributed by atoms with Crippen molar-refractivity contribution in [1.82, 2.24) is 9.80 Å². The van der Waals surface area contributed by atoms with Gasteiger partial charge in [-0.25, -0.2) is 0 Å². The van der Waals surface area contributed by atoms with Gasteiger partial charge >= 0.3 is 0 Å². The van der Waals surface area contributed by atoms with Crippen LogP contribution in [0.25, 0.3) is 0 Å². The van der Waals surface area contributed by atoms with Crippen LogP contribution in [0.5, 0.6) is 0 Å². The second kappa shape index (κ2) is 11.9. The predicted molar refractivity (Wildman–Crippen MR) is 170 cm³/mol. The van der Waals surface area contributed by atoms with Gasteiger partial charge < -0.3 is 19.6 Å². The molecule has 4 nitrogen and oxygen atoms in total. The molecule has 0 unspecified atom stereocenters. The Labute approximate surface area is 247 Å². The number of fused-ring (bicyclic) bond motifs is 4. The summed E-state index contributed by atoms with van der Waals surface area (Å²) >= 11 is 3.79. The third kappa shape index (κ3) is 5.38. The van der Waals surface area contributed by atoms with Gasteiger partial charge in [0, 0.05) is 58.9 Å². The van der Waals surface area contributed by atoms with Crippen molar-refractivity contribution in [2.24, 2.45) is 0 Å². The van der Waals surface area contributed by atoms with E-state index in [1.165, 1.54) is 94.4 Å². The highest BCUT2D eigenvalue weighted by Gasteiger charge is 2.25. The minimum absolute atomic E-state index is 1.06. The minimum atomic E-state index is 1.06. The van der Waals surface area contributed by atoms with E-state index >= 15 is 0 Å². The Morgan fingerprint density at radius 2 is 0.700 bits per heavy atom. The van der Waals surface area contributed by atoms with Gasteiger partial charge in [-0.2, -0.15) is 0 Å². The Morgan fingerprint density at radius 1 is 0.400 bits per heavy atom. The standard InChI is InChI=1S/C34H36N4S2/c1-5-15-31-27(11-1)37(28-12-2-6-16-32(28)39-31)21-9-19-35-23-25-36(26-24-35)20-10-22-38-29-13-3-7-17-33(29)40-34-18-8-4-14-30(34)38/h1-8,11-18H,9-10,19-26H2. The van der Waals surface area contributed by atoms with Crippen LogP contribution in [0.2, 0.25) is 0 Å². The molecule has 4 aromatic rings. The van der Waals surface area contributed by atoms with E-state index in [-0.39, 0.29) is 0 Å². The summed E-state index contributed by atoms with van der Waals surface area (Å²) in [6, 6.07) is 35.4. The number of benzene rings is 4. The molecule has 0 spiro atoms. The molecule has 1 saturated heterocycles. The molecule has 0 bridgehead atoms. The molecule has 0 atom stereocenters. The Balaban J connectivity index is 0.897. The molecule has 3 heterocycles. The summed E-state index contributed by atoms with van der Waals surface area (Å²) in [6.07, 6.45) is 2.36. The van der Waals surface area contributed by atoms with E-state index in [1.54, 1.807) is 0 Å². The largest absolute Gasteiger partial charge is 0.340 e. The number of para-hydroxylation sites is 4. The molecule has 7 rings (SSSR count). The molecule has 3 aliphatic rings. The number of hydrogen-bond acceptors (Lipinski definition) is 6. The second-order valence-corrected chi connectivity index (χ2v) is 12.9. The molecule has 3 aliphatic heterocycles. The van der Waals surface area contributed by atoms with Crippen LogP contribution in [0.4, 0.5) is 22.7 Å². The highest BCUT2D eigenvalue weighted by atomic mass is 32.2. The first-order chi connectivity index (χ1) is 19.8. The molecule has 0 aliphatic carbocycles. The van der Waals surface area contributed by atoms with E-state index in [0.29, 0.717) is 0 Å². The van der Waals surface area contributed by atoms with E-state index in [4.69, 9.17) is 0 Å². The SMILES string of the molecule is c1ccc2c(c1)Sc1ccccc1N2CCCN1CCN(CCCN2c3ccccc3Sc3ccccc32)CC1. The average molecular weight is 565 g/mol. The smallest absolute Gasteiger partial charge is 0.0552 e. The fourth-order valence-electron chi connectivity index (χ4n) is 6.19. The lowest BCUT2D eigenvalue weighted by atomic mass is 10.2. The fraction of sp³-hybridized carbons (Fsp3) is 0.294. The van der Waals surface area contributed by atoms with Crippen molar-refractivity contribution in [3.05, 3.63) is 97.1 Å². The number of anilines is 4. The summed E-state index contributed by atoms with van der Waals surface area (Å²) < 4.78 is 0. The maximum Gasteiger partial charge on any atom is 0.0552 e. The Kier molecular flexibility index (Phi) is 7.75. The Morgan fingerprint density at radius 3 is 1.02 bits per heavy atom. The molecule has 0 amide bonds. The first-order valence-corrected chi connectivity index (χ1v) is 16.2. The molecule has 204 valence electrons. The summed E-state index contributed by atoms with van der Waals surface area (Å²) in [4.78, 5) is 15.9. The van der Waals surface area contributed by atoms with Gasteiger partial charge in [-0.3, -0.25) is 0 Å².